The van der Waals surface area contributed by atoms with Crippen molar-refractivity contribution in [1.82, 2.24) is 4.98 Å². The van der Waals surface area contributed by atoms with E-state index < -0.39 is 0 Å². The topological polar surface area (TPSA) is 45.2 Å². The van der Waals surface area contributed by atoms with Crippen LogP contribution in [-0.2, 0) is 6.42 Å². The molecule has 1 aromatic heterocycles. The van der Waals surface area contributed by atoms with Gasteiger partial charge in [-0.3, -0.25) is 9.88 Å². The highest BCUT2D eigenvalue weighted by Crippen LogP contribution is 2.32. The van der Waals surface area contributed by atoms with E-state index in [0.29, 0.717) is 0 Å². The summed E-state index contributed by atoms with van der Waals surface area (Å²) < 4.78 is 0. The van der Waals surface area contributed by atoms with E-state index in [1.807, 2.05) is 53.4 Å². The van der Waals surface area contributed by atoms with Gasteiger partial charge in [0.05, 0.1) is 11.2 Å². The second-order valence-electron chi connectivity index (χ2n) is 5.86. The molecule has 4 rings (SSSR count). The summed E-state index contributed by atoms with van der Waals surface area (Å²) in [5, 5.41) is 4.04. The molecule has 1 aliphatic rings. The standard InChI is InChI=1S/C19H17N3O/c1-13-12-15-6-2-3-10-17(15)22(13)19(23)21-16-9-4-7-14-8-5-11-20-18(14)16/h2-11,13H,12H2,1H3,(H,21,23). The lowest BCUT2D eigenvalue weighted by molar-refractivity contribution is 0.256. The van der Waals surface area contributed by atoms with Crippen molar-refractivity contribution in [2.45, 2.75) is 19.4 Å². The fourth-order valence-electron chi connectivity index (χ4n) is 3.26. The van der Waals surface area contributed by atoms with Crippen molar-refractivity contribution in [2.75, 3.05) is 10.2 Å². The predicted molar refractivity (Wildman–Crippen MR) is 92.8 cm³/mol. The van der Waals surface area contributed by atoms with Crippen LogP contribution < -0.4 is 10.2 Å². The van der Waals surface area contributed by atoms with Gasteiger partial charge >= 0.3 is 6.03 Å². The average molecular weight is 303 g/mol. The molecular formula is C19H17N3O. The Morgan fingerprint density at radius 3 is 2.87 bits per heavy atom. The number of rotatable bonds is 1. The van der Waals surface area contributed by atoms with E-state index in [1.165, 1.54) is 5.56 Å². The Kier molecular flexibility index (Phi) is 3.23. The number of carbonyl (C=O) groups is 1. The smallest absolute Gasteiger partial charge is 0.305 e. The van der Waals surface area contributed by atoms with Crippen molar-refractivity contribution in [1.29, 1.82) is 0 Å². The maximum absolute atomic E-state index is 12.8. The minimum Gasteiger partial charge on any atom is -0.305 e. The molecule has 4 nitrogen and oxygen atoms in total. The molecule has 0 bridgehead atoms. The van der Waals surface area contributed by atoms with Gasteiger partial charge in [0, 0.05) is 23.3 Å². The molecule has 3 aromatic rings. The molecule has 4 heteroatoms. The Bertz CT molecular complexity index is 885. The molecule has 2 amide bonds. The van der Waals surface area contributed by atoms with Crippen LogP contribution in [0.3, 0.4) is 0 Å². The van der Waals surface area contributed by atoms with Crippen LogP contribution >= 0.6 is 0 Å². The van der Waals surface area contributed by atoms with Crippen molar-refractivity contribution >= 4 is 28.3 Å². The molecule has 0 spiro atoms. The third-order valence-electron chi connectivity index (χ3n) is 4.30. The van der Waals surface area contributed by atoms with Crippen LogP contribution in [0.5, 0.6) is 0 Å². The first-order valence-electron chi connectivity index (χ1n) is 7.76. The van der Waals surface area contributed by atoms with Gasteiger partial charge in [0.1, 0.15) is 0 Å². The minimum atomic E-state index is -0.111. The molecular weight excluding hydrogens is 286 g/mol. The summed E-state index contributed by atoms with van der Waals surface area (Å²) in [5.41, 5.74) is 3.75. The Hall–Kier alpha value is -2.88. The first-order chi connectivity index (χ1) is 11.2. The van der Waals surface area contributed by atoms with E-state index in [0.717, 1.165) is 28.7 Å². The Balaban J connectivity index is 1.68. The monoisotopic (exact) mass is 303 g/mol. The lowest BCUT2D eigenvalue weighted by Crippen LogP contribution is -2.39. The number of para-hydroxylation sites is 2. The number of pyridine rings is 1. The van der Waals surface area contributed by atoms with E-state index in [-0.39, 0.29) is 12.1 Å². The molecule has 0 fully saturated rings. The van der Waals surface area contributed by atoms with Gasteiger partial charge < -0.3 is 5.32 Å². The summed E-state index contributed by atoms with van der Waals surface area (Å²) in [7, 11) is 0. The number of hydrogen-bond acceptors (Lipinski definition) is 2. The molecule has 2 heterocycles. The quantitative estimate of drug-likeness (QED) is 0.731. The van der Waals surface area contributed by atoms with Crippen LogP contribution in [0.1, 0.15) is 12.5 Å². The summed E-state index contributed by atoms with van der Waals surface area (Å²) in [6.45, 7) is 2.07. The van der Waals surface area contributed by atoms with E-state index in [2.05, 4.69) is 23.3 Å². The molecule has 0 aliphatic carbocycles. The number of benzene rings is 2. The van der Waals surface area contributed by atoms with Crippen molar-refractivity contribution < 1.29 is 4.79 Å². The summed E-state index contributed by atoms with van der Waals surface area (Å²) in [4.78, 5) is 19.0. The van der Waals surface area contributed by atoms with Gasteiger partial charge in [-0.25, -0.2) is 4.79 Å². The number of aromatic nitrogens is 1. The normalized spacial score (nSPS) is 16.4. The van der Waals surface area contributed by atoms with Gasteiger partial charge in [-0.05, 0) is 37.1 Å². The molecule has 1 atom stereocenters. The van der Waals surface area contributed by atoms with Crippen molar-refractivity contribution in [2.24, 2.45) is 0 Å². The van der Waals surface area contributed by atoms with Crippen LogP contribution in [-0.4, -0.2) is 17.1 Å². The van der Waals surface area contributed by atoms with Gasteiger partial charge in [0.15, 0.2) is 0 Å². The van der Waals surface area contributed by atoms with Gasteiger partial charge in [-0.15, -0.1) is 0 Å². The largest absolute Gasteiger partial charge is 0.326 e. The Morgan fingerprint density at radius 2 is 1.96 bits per heavy atom. The number of urea groups is 1. The molecule has 2 aromatic carbocycles. The summed E-state index contributed by atoms with van der Waals surface area (Å²) in [5.74, 6) is 0. The van der Waals surface area contributed by atoms with E-state index in [1.54, 1.807) is 6.20 Å². The number of amides is 2. The van der Waals surface area contributed by atoms with E-state index >= 15 is 0 Å². The highest BCUT2D eigenvalue weighted by Gasteiger charge is 2.30. The highest BCUT2D eigenvalue weighted by atomic mass is 16.2. The first kappa shape index (κ1) is 13.8. The zero-order valence-corrected chi connectivity index (χ0v) is 12.9. The fraction of sp³-hybridized carbons (Fsp3) is 0.158. The van der Waals surface area contributed by atoms with Crippen LogP contribution in [0.25, 0.3) is 10.9 Å². The predicted octanol–water partition coefficient (Wildman–Crippen LogP) is 4.22. The third kappa shape index (κ3) is 2.32. The maximum atomic E-state index is 12.8. The lowest BCUT2D eigenvalue weighted by Gasteiger charge is -2.23. The first-order valence-corrected chi connectivity index (χ1v) is 7.76. The fourth-order valence-corrected chi connectivity index (χ4v) is 3.26. The second-order valence-corrected chi connectivity index (χ2v) is 5.86. The zero-order chi connectivity index (χ0) is 15.8. The van der Waals surface area contributed by atoms with Gasteiger partial charge in [0.2, 0.25) is 0 Å². The van der Waals surface area contributed by atoms with Crippen molar-refractivity contribution in [3.63, 3.8) is 0 Å². The SMILES string of the molecule is CC1Cc2ccccc2N1C(=O)Nc1cccc2cccnc12. The van der Waals surface area contributed by atoms with Gasteiger partial charge in [0.25, 0.3) is 0 Å². The molecule has 1 unspecified atom stereocenters. The number of anilines is 2. The summed E-state index contributed by atoms with van der Waals surface area (Å²) in [6.07, 6.45) is 2.63. The number of nitrogens with zero attached hydrogens (tertiary/aromatic N) is 2. The van der Waals surface area contributed by atoms with Crippen LogP contribution in [0.4, 0.5) is 16.2 Å². The number of carbonyl (C=O) groups excluding carboxylic acids is 1. The van der Waals surface area contributed by atoms with Crippen molar-refractivity contribution in [3.8, 4) is 0 Å². The Morgan fingerprint density at radius 1 is 1.13 bits per heavy atom. The van der Waals surface area contributed by atoms with Crippen LogP contribution in [0.15, 0.2) is 60.8 Å². The minimum absolute atomic E-state index is 0.111. The molecule has 23 heavy (non-hydrogen) atoms. The number of nitrogens with one attached hydrogen (secondary N) is 1. The van der Waals surface area contributed by atoms with Crippen LogP contribution in [0.2, 0.25) is 0 Å². The lowest BCUT2D eigenvalue weighted by atomic mass is 10.1. The molecule has 1 N–H and O–H groups in total. The molecule has 0 radical (unpaired) electrons. The third-order valence-corrected chi connectivity index (χ3v) is 4.30. The average Bonchev–Trinajstić information content (AvgIpc) is 2.91. The van der Waals surface area contributed by atoms with Gasteiger partial charge in [-0.1, -0.05) is 36.4 Å². The van der Waals surface area contributed by atoms with Crippen molar-refractivity contribution in [3.05, 3.63) is 66.4 Å². The molecule has 0 saturated carbocycles. The summed E-state index contributed by atoms with van der Waals surface area (Å²) >= 11 is 0. The van der Waals surface area contributed by atoms with E-state index in [4.69, 9.17) is 0 Å². The summed E-state index contributed by atoms with van der Waals surface area (Å²) in [6, 6.07) is 17.8. The maximum Gasteiger partial charge on any atom is 0.326 e. The van der Waals surface area contributed by atoms with Crippen LogP contribution in [0, 0.1) is 0 Å². The number of fused-ring (bicyclic) bond motifs is 2. The van der Waals surface area contributed by atoms with E-state index in [9.17, 15) is 4.79 Å². The number of hydrogen-bond donors (Lipinski definition) is 1. The highest BCUT2D eigenvalue weighted by molar-refractivity contribution is 6.07. The second kappa shape index (κ2) is 5.39. The zero-order valence-electron chi connectivity index (χ0n) is 12.9. The van der Waals surface area contributed by atoms with Gasteiger partial charge in [-0.2, -0.15) is 0 Å². The Labute approximate surface area is 134 Å². The molecule has 114 valence electrons. The molecule has 0 saturated heterocycles. The molecule has 1 aliphatic heterocycles.